The molecule has 8 nitrogen and oxygen atoms in total. The number of hydrazone groups is 1. The van der Waals surface area contributed by atoms with Crippen molar-refractivity contribution < 1.29 is 33.0 Å². The molecular formula is C32H33F2N3O5. The van der Waals surface area contributed by atoms with Gasteiger partial charge in [-0.25, -0.2) is 13.6 Å². The highest BCUT2D eigenvalue weighted by Gasteiger charge is 2.36. The number of carboxylic acids is 1. The lowest BCUT2D eigenvalue weighted by Gasteiger charge is -2.34. The van der Waals surface area contributed by atoms with Crippen LogP contribution in [-0.2, 0) is 4.79 Å². The largest absolute Gasteiger partial charge is 0.494 e. The van der Waals surface area contributed by atoms with Gasteiger partial charge >= 0.3 is 5.97 Å². The van der Waals surface area contributed by atoms with Crippen molar-refractivity contribution in [3.05, 3.63) is 83.4 Å². The first-order valence-electron chi connectivity index (χ1n) is 14.1. The minimum absolute atomic E-state index is 0.0266. The molecule has 0 bridgehead atoms. The van der Waals surface area contributed by atoms with Crippen molar-refractivity contribution >= 4 is 29.3 Å². The van der Waals surface area contributed by atoms with Crippen LogP contribution in [0.25, 0.3) is 0 Å². The lowest BCUT2D eigenvalue weighted by molar-refractivity contribution is -0.108. The maximum atomic E-state index is 14.9. The quantitative estimate of drug-likeness (QED) is 0.299. The molecule has 0 amide bonds. The van der Waals surface area contributed by atoms with Gasteiger partial charge in [0.25, 0.3) is 0 Å². The van der Waals surface area contributed by atoms with Gasteiger partial charge in [0, 0.05) is 49.9 Å². The van der Waals surface area contributed by atoms with E-state index in [9.17, 15) is 18.4 Å². The van der Waals surface area contributed by atoms with E-state index in [0.717, 1.165) is 30.9 Å². The zero-order chi connectivity index (χ0) is 29.8. The fourth-order valence-electron chi connectivity index (χ4n) is 5.56. The number of carbonyl (C=O) groups is 2. The van der Waals surface area contributed by atoms with Crippen LogP contribution in [0, 0.1) is 17.6 Å². The monoisotopic (exact) mass is 577 g/mol. The van der Waals surface area contributed by atoms with Gasteiger partial charge in [-0.15, -0.1) is 0 Å². The second-order valence-corrected chi connectivity index (χ2v) is 10.4. The predicted molar refractivity (Wildman–Crippen MR) is 156 cm³/mol. The Morgan fingerprint density at radius 3 is 2.38 bits per heavy atom. The summed E-state index contributed by atoms with van der Waals surface area (Å²) >= 11 is 0. The minimum atomic E-state index is -1.21. The third kappa shape index (κ3) is 6.07. The number of hydrogen-bond donors (Lipinski definition) is 1. The van der Waals surface area contributed by atoms with Crippen molar-refractivity contribution in [3.8, 4) is 11.5 Å². The van der Waals surface area contributed by atoms with Gasteiger partial charge < -0.3 is 24.3 Å². The van der Waals surface area contributed by atoms with Gasteiger partial charge in [-0.2, -0.15) is 5.10 Å². The first-order valence-corrected chi connectivity index (χ1v) is 14.1. The van der Waals surface area contributed by atoms with E-state index in [1.54, 1.807) is 17.1 Å². The summed E-state index contributed by atoms with van der Waals surface area (Å²) in [5.74, 6) is -1.11. The number of halogens is 2. The van der Waals surface area contributed by atoms with Crippen LogP contribution in [0.3, 0.4) is 0 Å². The van der Waals surface area contributed by atoms with Gasteiger partial charge in [0.2, 0.25) is 0 Å². The number of rotatable bonds is 10. The topological polar surface area (TPSA) is 91.7 Å². The van der Waals surface area contributed by atoms with Crippen LogP contribution in [-0.4, -0.2) is 54.9 Å². The standard InChI is InChI=1S/C32H33F2N3O5/c1-3-41-25-9-11-27(33)30(19-25)36-15-12-24(13-16-36)42-23-7-5-22(6-8-23)37-29(14-17-38)20(2)31(35-37)26-10-4-21(32(39)40)18-28(26)34/h4-11,17-20,24,29H,3,12-16H2,1-2H3,(H,39,40)/t20?,29-/m0/s1. The van der Waals surface area contributed by atoms with Crippen LogP contribution >= 0.6 is 0 Å². The first kappa shape index (κ1) is 29.0. The van der Waals surface area contributed by atoms with E-state index >= 15 is 0 Å². The summed E-state index contributed by atoms with van der Waals surface area (Å²) in [5.41, 5.74) is 1.77. The summed E-state index contributed by atoms with van der Waals surface area (Å²) < 4.78 is 41.1. The third-order valence-corrected chi connectivity index (χ3v) is 7.78. The molecule has 10 heteroatoms. The number of carbonyl (C=O) groups excluding carboxylic acids is 1. The van der Waals surface area contributed by atoms with Gasteiger partial charge in [-0.1, -0.05) is 6.92 Å². The lowest BCUT2D eigenvalue weighted by atomic mass is 9.90. The second kappa shape index (κ2) is 12.6. The van der Waals surface area contributed by atoms with E-state index in [2.05, 4.69) is 5.10 Å². The Balaban J connectivity index is 1.26. The molecule has 2 heterocycles. The average molecular weight is 578 g/mol. The van der Waals surface area contributed by atoms with Gasteiger partial charge in [0.15, 0.2) is 0 Å². The molecule has 0 aromatic heterocycles. The van der Waals surface area contributed by atoms with Crippen LogP contribution in [0.5, 0.6) is 11.5 Å². The molecular weight excluding hydrogens is 544 g/mol. The number of aldehydes is 1. The fourth-order valence-corrected chi connectivity index (χ4v) is 5.56. The minimum Gasteiger partial charge on any atom is -0.494 e. The number of anilines is 2. The number of hydrogen-bond acceptors (Lipinski definition) is 7. The van der Waals surface area contributed by atoms with Gasteiger partial charge in [-0.3, -0.25) is 5.01 Å². The average Bonchev–Trinajstić information content (AvgIpc) is 3.30. The normalized spacial score (nSPS) is 19.0. The molecule has 1 N–H and O–H groups in total. The Hall–Kier alpha value is -4.47. The van der Waals surface area contributed by atoms with E-state index in [1.807, 2.05) is 43.0 Å². The molecule has 1 fully saturated rings. The van der Waals surface area contributed by atoms with Crippen molar-refractivity contribution in [2.45, 2.75) is 45.3 Å². The van der Waals surface area contributed by atoms with E-state index in [1.165, 1.54) is 18.2 Å². The molecule has 5 rings (SSSR count). The third-order valence-electron chi connectivity index (χ3n) is 7.78. The molecule has 0 spiro atoms. The maximum Gasteiger partial charge on any atom is 0.335 e. The first-order chi connectivity index (χ1) is 20.3. The summed E-state index contributed by atoms with van der Waals surface area (Å²) in [6.07, 6.45) is 2.43. The molecule has 0 saturated carbocycles. The highest BCUT2D eigenvalue weighted by molar-refractivity contribution is 6.05. The van der Waals surface area contributed by atoms with Gasteiger partial charge in [0.05, 0.1) is 35.3 Å². The maximum absolute atomic E-state index is 14.9. The van der Waals surface area contributed by atoms with Crippen molar-refractivity contribution in [1.29, 1.82) is 0 Å². The molecule has 1 saturated heterocycles. The number of benzene rings is 3. The van der Waals surface area contributed by atoms with Crippen LogP contribution in [0.4, 0.5) is 20.2 Å². The molecule has 3 aromatic rings. The molecule has 3 aromatic carbocycles. The molecule has 2 aliphatic heterocycles. The fraction of sp³-hybridized carbons (Fsp3) is 0.344. The Kier molecular flexibility index (Phi) is 8.70. The number of nitrogens with zero attached hydrogens (tertiary/aromatic N) is 3. The Morgan fingerprint density at radius 1 is 1.02 bits per heavy atom. The summed E-state index contributed by atoms with van der Waals surface area (Å²) in [7, 11) is 0. The van der Waals surface area contributed by atoms with E-state index in [0.29, 0.717) is 42.6 Å². The Labute approximate surface area is 243 Å². The van der Waals surface area contributed by atoms with Crippen LogP contribution in [0.2, 0.25) is 0 Å². The zero-order valence-corrected chi connectivity index (χ0v) is 23.5. The van der Waals surface area contributed by atoms with Crippen molar-refractivity contribution in [2.75, 3.05) is 29.6 Å². The van der Waals surface area contributed by atoms with Gasteiger partial charge in [0.1, 0.15) is 35.5 Å². The highest BCUT2D eigenvalue weighted by Crippen LogP contribution is 2.34. The SMILES string of the molecule is CCOc1ccc(F)c(N2CCC(Oc3ccc(N4N=C(c5ccc(C(=O)O)cc5F)C(C)[C@@H]4CC=O)cc3)CC2)c1. The number of piperidine rings is 1. The Morgan fingerprint density at radius 2 is 1.74 bits per heavy atom. The molecule has 0 aliphatic carbocycles. The molecule has 220 valence electrons. The van der Waals surface area contributed by atoms with Crippen LogP contribution < -0.4 is 19.4 Å². The molecule has 2 atom stereocenters. The van der Waals surface area contributed by atoms with E-state index < -0.39 is 11.8 Å². The smallest absolute Gasteiger partial charge is 0.335 e. The van der Waals surface area contributed by atoms with E-state index in [-0.39, 0.29) is 41.4 Å². The van der Waals surface area contributed by atoms with Crippen molar-refractivity contribution in [2.24, 2.45) is 11.0 Å². The van der Waals surface area contributed by atoms with Crippen molar-refractivity contribution in [1.82, 2.24) is 0 Å². The summed E-state index contributed by atoms with van der Waals surface area (Å²) in [5, 5.41) is 15.6. The van der Waals surface area contributed by atoms with Gasteiger partial charge in [-0.05, 0) is 61.5 Å². The molecule has 42 heavy (non-hydrogen) atoms. The van der Waals surface area contributed by atoms with Crippen molar-refractivity contribution in [3.63, 3.8) is 0 Å². The number of aromatic carboxylic acids is 1. The zero-order valence-electron chi connectivity index (χ0n) is 23.5. The highest BCUT2D eigenvalue weighted by atomic mass is 19.1. The lowest BCUT2D eigenvalue weighted by Crippen LogP contribution is -2.38. The predicted octanol–water partition coefficient (Wildman–Crippen LogP) is 5.93. The second-order valence-electron chi connectivity index (χ2n) is 10.4. The Bertz CT molecular complexity index is 1470. The summed E-state index contributed by atoms with van der Waals surface area (Å²) in [6.45, 7) is 5.58. The summed E-state index contributed by atoms with van der Waals surface area (Å²) in [4.78, 5) is 24.7. The van der Waals surface area contributed by atoms with E-state index in [4.69, 9.17) is 14.6 Å². The number of carboxylic acid groups (broad SMARTS) is 1. The van der Waals surface area contributed by atoms with Crippen LogP contribution in [0.15, 0.2) is 65.8 Å². The molecule has 2 aliphatic rings. The summed E-state index contributed by atoms with van der Waals surface area (Å²) in [6, 6.07) is 15.6. The molecule has 1 unspecified atom stereocenters. The van der Waals surface area contributed by atoms with Crippen LogP contribution in [0.1, 0.15) is 49.0 Å². The number of ether oxygens (including phenoxy) is 2. The molecule has 0 radical (unpaired) electrons.